The average Bonchev–Trinajstić information content (AvgIpc) is 2.15. The van der Waals surface area contributed by atoms with Gasteiger partial charge in [0, 0.05) is 0 Å². The Labute approximate surface area is 100 Å². The highest BCUT2D eigenvalue weighted by molar-refractivity contribution is 5.95. The molecule has 0 atom stereocenters. The smallest absolute Gasteiger partial charge is 0.345 e. The lowest BCUT2D eigenvalue weighted by atomic mass is 10.2. The first kappa shape index (κ1) is 13.3. The summed E-state index contributed by atoms with van der Waals surface area (Å²) in [4.78, 5) is 11.6. The zero-order chi connectivity index (χ0) is 13.1. The highest BCUT2D eigenvalue weighted by atomic mass is 16.5. The van der Waals surface area contributed by atoms with Crippen LogP contribution >= 0.6 is 0 Å². The van der Waals surface area contributed by atoms with Crippen LogP contribution in [0.3, 0.4) is 0 Å². The van der Waals surface area contributed by atoms with Gasteiger partial charge in [-0.05, 0) is 12.1 Å². The summed E-state index contributed by atoms with van der Waals surface area (Å²) in [7, 11) is 5.93. The molecule has 1 aromatic carbocycles. The fraction of sp³-hybridized carbons (Fsp3) is 0.417. The van der Waals surface area contributed by atoms with Crippen LogP contribution in [0.15, 0.2) is 18.2 Å². The second-order valence-electron chi connectivity index (χ2n) is 4.82. The normalized spacial score (nSPS) is 11.2. The number of carbonyl (C=O) groups excluding carboxylic acids is 1. The standard InChI is InChI=1S/C12H17NO4/c1-13(2,3)7-8-17-12(16)11-9(14)5-4-6-10(11)15/h4-6H,7-8H2,1-3H3,(H-,14,15,16)/p+1. The van der Waals surface area contributed by atoms with Crippen LogP contribution in [-0.2, 0) is 4.74 Å². The van der Waals surface area contributed by atoms with E-state index in [-0.39, 0.29) is 23.7 Å². The second-order valence-corrected chi connectivity index (χ2v) is 4.82. The number of quaternary nitrogens is 1. The van der Waals surface area contributed by atoms with Gasteiger partial charge in [0.15, 0.2) is 0 Å². The van der Waals surface area contributed by atoms with E-state index in [2.05, 4.69) is 0 Å². The number of ether oxygens (including phenoxy) is 1. The van der Waals surface area contributed by atoms with Crippen LogP contribution in [0.2, 0.25) is 0 Å². The molecule has 1 aromatic rings. The van der Waals surface area contributed by atoms with E-state index in [0.29, 0.717) is 11.0 Å². The van der Waals surface area contributed by atoms with E-state index in [0.717, 1.165) is 0 Å². The van der Waals surface area contributed by atoms with Crippen LogP contribution in [0, 0.1) is 0 Å². The van der Waals surface area contributed by atoms with E-state index in [1.54, 1.807) is 0 Å². The van der Waals surface area contributed by atoms with Crippen molar-refractivity contribution in [2.75, 3.05) is 34.3 Å². The van der Waals surface area contributed by atoms with Gasteiger partial charge in [0.05, 0.1) is 21.1 Å². The van der Waals surface area contributed by atoms with Crippen molar-refractivity contribution in [3.63, 3.8) is 0 Å². The van der Waals surface area contributed by atoms with Crippen molar-refractivity contribution >= 4 is 5.97 Å². The number of benzene rings is 1. The van der Waals surface area contributed by atoms with Crippen molar-refractivity contribution in [3.05, 3.63) is 23.8 Å². The number of hydrogen-bond donors (Lipinski definition) is 2. The first-order valence-electron chi connectivity index (χ1n) is 5.30. The zero-order valence-corrected chi connectivity index (χ0v) is 10.3. The Morgan fingerprint density at radius 3 is 2.24 bits per heavy atom. The van der Waals surface area contributed by atoms with Crippen LogP contribution in [-0.4, -0.2) is 55.0 Å². The zero-order valence-electron chi connectivity index (χ0n) is 10.3. The highest BCUT2D eigenvalue weighted by Crippen LogP contribution is 2.26. The molecule has 17 heavy (non-hydrogen) atoms. The van der Waals surface area contributed by atoms with E-state index in [1.165, 1.54) is 18.2 Å². The predicted octanol–water partition coefficient (Wildman–Crippen LogP) is 0.961. The molecular weight excluding hydrogens is 222 g/mol. The number of nitrogens with zero attached hydrogens (tertiary/aromatic N) is 1. The fourth-order valence-electron chi connectivity index (χ4n) is 1.22. The summed E-state index contributed by atoms with van der Waals surface area (Å²) in [5, 5.41) is 18.9. The van der Waals surface area contributed by atoms with E-state index in [9.17, 15) is 15.0 Å². The molecule has 0 spiro atoms. The number of hydrogen-bond acceptors (Lipinski definition) is 4. The molecule has 0 amide bonds. The van der Waals surface area contributed by atoms with Gasteiger partial charge in [-0.15, -0.1) is 0 Å². The Bertz CT molecular complexity index is 389. The molecule has 5 heteroatoms. The number of esters is 1. The molecule has 0 saturated carbocycles. The summed E-state index contributed by atoms with van der Waals surface area (Å²) >= 11 is 0. The highest BCUT2D eigenvalue weighted by Gasteiger charge is 2.18. The van der Waals surface area contributed by atoms with Gasteiger partial charge in [0.25, 0.3) is 0 Å². The van der Waals surface area contributed by atoms with Crippen molar-refractivity contribution in [2.45, 2.75) is 0 Å². The topological polar surface area (TPSA) is 66.8 Å². The molecule has 94 valence electrons. The lowest BCUT2D eigenvalue weighted by Gasteiger charge is -2.23. The van der Waals surface area contributed by atoms with Crippen molar-refractivity contribution < 1.29 is 24.2 Å². The number of phenolic OH excluding ortho intramolecular Hbond substituents is 2. The minimum atomic E-state index is -0.714. The van der Waals surface area contributed by atoms with Crippen LogP contribution < -0.4 is 0 Å². The molecular formula is C12H18NO4+. The minimum absolute atomic E-state index is 0.186. The first-order valence-corrected chi connectivity index (χ1v) is 5.30. The van der Waals surface area contributed by atoms with Crippen molar-refractivity contribution in [1.82, 2.24) is 0 Å². The first-order chi connectivity index (χ1) is 7.81. The summed E-state index contributed by atoms with van der Waals surface area (Å²) in [6.45, 7) is 0.885. The molecule has 0 aliphatic carbocycles. The van der Waals surface area contributed by atoms with E-state index >= 15 is 0 Å². The Balaban J connectivity index is 2.65. The van der Waals surface area contributed by atoms with E-state index < -0.39 is 5.97 Å². The average molecular weight is 240 g/mol. The molecule has 0 heterocycles. The van der Waals surface area contributed by atoms with Crippen LogP contribution in [0.4, 0.5) is 0 Å². The van der Waals surface area contributed by atoms with Gasteiger partial charge in [-0.2, -0.15) is 0 Å². The van der Waals surface area contributed by atoms with Crippen LogP contribution in [0.1, 0.15) is 10.4 Å². The summed E-state index contributed by atoms with van der Waals surface area (Å²) in [5.74, 6) is -1.27. The SMILES string of the molecule is C[N+](C)(C)CCOC(=O)c1c(O)cccc1O. The summed E-state index contributed by atoms with van der Waals surface area (Å²) < 4.78 is 5.66. The Morgan fingerprint density at radius 2 is 1.76 bits per heavy atom. The number of phenols is 2. The fourth-order valence-corrected chi connectivity index (χ4v) is 1.22. The number of carbonyl (C=O) groups is 1. The summed E-state index contributed by atoms with van der Waals surface area (Å²) in [6, 6.07) is 4.11. The number of aromatic hydroxyl groups is 2. The quantitative estimate of drug-likeness (QED) is 0.607. The third-order valence-electron chi connectivity index (χ3n) is 2.22. The molecule has 0 fully saturated rings. The van der Waals surface area contributed by atoms with Gasteiger partial charge in [0.2, 0.25) is 0 Å². The number of rotatable bonds is 4. The van der Waals surface area contributed by atoms with Gasteiger partial charge in [0.1, 0.15) is 30.2 Å². The second kappa shape index (κ2) is 5.05. The third kappa shape index (κ3) is 3.96. The van der Waals surface area contributed by atoms with Gasteiger partial charge < -0.3 is 19.4 Å². The monoisotopic (exact) mass is 240 g/mol. The molecule has 0 unspecified atom stereocenters. The molecule has 5 nitrogen and oxygen atoms in total. The molecule has 1 rings (SSSR count). The minimum Gasteiger partial charge on any atom is -0.507 e. The molecule has 0 aliphatic rings. The third-order valence-corrected chi connectivity index (χ3v) is 2.22. The van der Waals surface area contributed by atoms with Crippen molar-refractivity contribution in [3.8, 4) is 11.5 Å². The van der Waals surface area contributed by atoms with E-state index in [4.69, 9.17) is 4.74 Å². The maximum atomic E-state index is 11.6. The maximum Gasteiger partial charge on any atom is 0.345 e. The lowest BCUT2D eigenvalue weighted by Crippen LogP contribution is -2.38. The van der Waals surface area contributed by atoms with Crippen LogP contribution in [0.25, 0.3) is 0 Å². The van der Waals surface area contributed by atoms with Gasteiger partial charge in [-0.1, -0.05) is 6.07 Å². The van der Waals surface area contributed by atoms with Crippen molar-refractivity contribution in [2.24, 2.45) is 0 Å². The molecule has 0 saturated heterocycles. The number of likely N-dealkylation sites (N-methyl/N-ethyl adjacent to an activating group) is 1. The summed E-state index contributed by atoms with van der Waals surface area (Å²) in [5.41, 5.74) is -0.186. The molecule has 2 N–H and O–H groups in total. The van der Waals surface area contributed by atoms with Gasteiger partial charge >= 0.3 is 5.97 Å². The van der Waals surface area contributed by atoms with Gasteiger partial charge in [-0.3, -0.25) is 0 Å². The largest absolute Gasteiger partial charge is 0.507 e. The van der Waals surface area contributed by atoms with Crippen molar-refractivity contribution in [1.29, 1.82) is 0 Å². The maximum absolute atomic E-state index is 11.6. The Hall–Kier alpha value is -1.75. The predicted molar refractivity (Wildman–Crippen MR) is 63.0 cm³/mol. The summed E-state index contributed by atoms with van der Waals surface area (Å²) in [6.07, 6.45) is 0. The molecule has 0 aromatic heterocycles. The van der Waals surface area contributed by atoms with Gasteiger partial charge in [-0.25, -0.2) is 4.79 Å². The molecule has 0 aliphatic heterocycles. The van der Waals surface area contributed by atoms with Crippen LogP contribution in [0.5, 0.6) is 11.5 Å². The molecule has 0 radical (unpaired) electrons. The Kier molecular flexibility index (Phi) is 3.96. The van der Waals surface area contributed by atoms with E-state index in [1.807, 2.05) is 21.1 Å². The lowest BCUT2D eigenvalue weighted by molar-refractivity contribution is -0.870. The Morgan fingerprint density at radius 1 is 1.24 bits per heavy atom. The molecule has 0 bridgehead atoms.